The molecule has 0 aromatic carbocycles. The highest BCUT2D eigenvalue weighted by Crippen LogP contribution is 1.96. The average molecular weight is 233 g/mol. The third-order valence-electron chi connectivity index (χ3n) is 2.09. The number of nitrogens with one attached hydrogen (secondary N) is 1. The fraction of sp³-hybridized carbons (Fsp3) is 0.909. The Balaban J connectivity index is 3.49. The van der Waals surface area contributed by atoms with Crippen LogP contribution in [0.25, 0.3) is 0 Å². The topological polar surface area (TPSA) is 78.8 Å². The SMILES string of the molecule is CCCC(O)CNCC(O)CC(=O)OCC. The van der Waals surface area contributed by atoms with Crippen molar-refractivity contribution in [1.82, 2.24) is 5.32 Å². The highest BCUT2D eigenvalue weighted by Gasteiger charge is 2.11. The summed E-state index contributed by atoms with van der Waals surface area (Å²) in [6.07, 6.45) is 0.507. The summed E-state index contributed by atoms with van der Waals surface area (Å²) < 4.78 is 4.70. The van der Waals surface area contributed by atoms with E-state index in [9.17, 15) is 15.0 Å². The number of aliphatic hydroxyl groups excluding tert-OH is 2. The van der Waals surface area contributed by atoms with Gasteiger partial charge in [-0.2, -0.15) is 0 Å². The lowest BCUT2D eigenvalue weighted by Gasteiger charge is -2.13. The van der Waals surface area contributed by atoms with Gasteiger partial charge in [0.1, 0.15) is 0 Å². The Hall–Kier alpha value is -0.650. The lowest BCUT2D eigenvalue weighted by atomic mass is 10.2. The quantitative estimate of drug-likeness (QED) is 0.490. The van der Waals surface area contributed by atoms with Crippen LogP contribution < -0.4 is 5.32 Å². The summed E-state index contributed by atoms with van der Waals surface area (Å²) in [7, 11) is 0. The first kappa shape index (κ1) is 15.3. The molecule has 0 amide bonds. The smallest absolute Gasteiger partial charge is 0.308 e. The molecule has 0 aliphatic carbocycles. The molecule has 0 aromatic rings. The molecule has 16 heavy (non-hydrogen) atoms. The van der Waals surface area contributed by atoms with Crippen LogP contribution in [0.3, 0.4) is 0 Å². The van der Waals surface area contributed by atoms with E-state index in [1.165, 1.54) is 0 Å². The van der Waals surface area contributed by atoms with Crippen molar-refractivity contribution in [3.05, 3.63) is 0 Å². The number of hydrogen-bond donors (Lipinski definition) is 3. The lowest BCUT2D eigenvalue weighted by molar-refractivity contribution is -0.145. The number of esters is 1. The van der Waals surface area contributed by atoms with Crippen LogP contribution in [-0.4, -0.2) is 48.1 Å². The van der Waals surface area contributed by atoms with E-state index < -0.39 is 12.1 Å². The molecule has 0 aliphatic heterocycles. The molecule has 2 unspecified atom stereocenters. The predicted octanol–water partition coefficient (Wildman–Crippen LogP) is 0.0511. The minimum Gasteiger partial charge on any atom is -0.466 e. The summed E-state index contributed by atoms with van der Waals surface area (Å²) in [6.45, 7) is 4.78. The van der Waals surface area contributed by atoms with E-state index in [-0.39, 0.29) is 12.5 Å². The molecule has 0 saturated carbocycles. The van der Waals surface area contributed by atoms with Crippen LogP contribution in [0.1, 0.15) is 33.1 Å². The normalized spacial score (nSPS) is 14.5. The van der Waals surface area contributed by atoms with E-state index in [1.54, 1.807) is 6.92 Å². The van der Waals surface area contributed by atoms with Crippen LogP contribution in [0.2, 0.25) is 0 Å². The Morgan fingerprint density at radius 2 is 1.88 bits per heavy atom. The number of carbonyl (C=O) groups is 1. The molecular weight excluding hydrogens is 210 g/mol. The minimum absolute atomic E-state index is 0.00921. The van der Waals surface area contributed by atoms with E-state index in [1.807, 2.05) is 6.92 Å². The fourth-order valence-corrected chi connectivity index (χ4v) is 1.34. The molecule has 0 radical (unpaired) electrons. The highest BCUT2D eigenvalue weighted by atomic mass is 16.5. The van der Waals surface area contributed by atoms with Crippen LogP contribution in [0.4, 0.5) is 0 Å². The Bertz CT molecular complexity index is 187. The molecule has 0 spiro atoms. The second kappa shape index (κ2) is 9.57. The molecule has 0 saturated heterocycles. The van der Waals surface area contributed by atoms with Gasteiger partial charge >= 0.3 is 5.97 Å². The van der Waals surface area contributed by atoms with E-state index >= 15 is 0 Å². The van der Waals surface area contributed by atoms with Crippen molar-refractivity contribution in [2.75, 3.05) is 19.7 Å². The molecule has 5 heteroatoms. The van der Waals surface area contributed by atoms with Gasteiger partial charge in [-0.05, 0) is 13.3 Å². The van der Waals surface area contributed by atoms with Crippen LogP contribution in [0, 0.1) is 0 Å². The summed E-state index contributed by atoms with van der Waals surface area (Å²) in [5, 5.41) is 21.7. The third kappa shape index (κ3) is 8.64. The Kier molecular flexibility index (Phi) is 9.18. The number of rotatable bonds is 9. The van der Waals surface area contributed by atoms with E-state index in [0.717, 1.165) is 12.8 Å². The highest BCUT2D eigenvalue weighted by molar-refractivity contribution is 5.69. The van der Waals surface area contributed by atoms with Crippen molar-refractivity contribution >= 4 is 5.97 Å². The molecular formula is C11H23NO4. The first-order valence-electron chi connectivity index (χ1n) is 5.82. The van der Waals surface area contributed by atoms with Gasteiger partial charge in [0, 0.05) is 13.1 Å². The third-order valence-corrected chi connectivity index (χ3v) is 2.09. The van der Waals surface area contributed by atoms with Crippen molar-refractivity contribution in [2.45, 2.75) is 45.3 Å². The Morgan fingerprint density at radius 3 is 2.44 bits per heavy atom. The molecule has 0 fully saturated rings. The lowest BCUT2D eigenvalue weighted by Crippen LogP contribution is -2.34. The molecule has 0 rings (SSSR count). The van der Waals surface area contributed by atoms with Gasteiger partial charge in [0.05, 0.1) is 25.2 Å². The van der Waals surface area contributed by atoms with Crippen molar-refractivity contribution in [1.29, 1.82) is 0 Å². The zero-order chi connectivity index (χ0) is 12.4. The van der Waals surface area contributed by atoms with Gasteiger partial charge in [0.15, 0.2) is 0 Å². The largest absolute Gasteiger partial charge is 0.466 e. The minimum atomic E-state index is -0.757. The maximum atomic E-state index is 11.0. The van der Waals surface area contributed by atoms with Crippen LogP contribution in [0.15, 0.2) is 0 Å². The summed E-state index contributed by atoms with van der Waals surface area (Å²) in [6, 6.07) is 0. The second-order valence-electron chi connectivity index (χ2n) is 3.76. The van der Waals surface area contributed by atoms with Crippen LogP contribution >= 0.6 is 0 Å². The number of aliphatic hydroxyl groups is 2. The number of carbonyl (C=O) groups excluding carboxylic acids is 1. The number of ether oxygens (including phenoxy) is 1. The Morgan fingerprint density at radius 1 is 1.25 bits per heavy atom. The molecule has 0 aromatic heterocycles. The summed E-state index contributed by atoms with van der Waals surface area (Å²) >= 11 is 0. The van der Waals surface area contributed by atoms with Gasteiger partial charge in [-0.3, -0.25) is 4.79 Å². The second-order valence-corrected chi connectivity index (χ2v) is 3.76. The van der Waals surface area contributed by atoms with Gasteiger partial charge < -0.3 is 20.3 Å². The van der Waals surface area contributed by atoms with Crippen LogP contribution in [-0.2, 0) is 9.53 Å². The van der Waals surface area contributed by atoms with Gasteiger partial charge in [-0.25, -0.2) is 0 Å². The van der Waals surface area contributed by atoms with Gasteiger partial charge in [-0.1, -0.05) is 13.3 Å². The molecule has 0 bridgehead atoms. The van der Waals surface area contributed by atoms with Gasteiger partial charge in [0.2, 0.25) is 0 Å². The monoisotopic (exact) mass is 233 g/mol. The summed E-state index contributed by atoms with van der Waals surface area (Å²) in [5.74, 6) is -0.397. The molecule has 0 aliphatic rings. The van der Waals surface area contributed by atoms with Crippen molar-refractivity contribution in [2.24, 2.45) is 0 Å². The maximum Gasteiger partial charge on any atom is 0.308 e. The van der Waals surface area contributed by atoms with E-state index in [0.29, 0.717) is 19.7 Å². The predicted molar refractivity (Wildman–Crippen MR) is 61.0 cm³/mol. The fourth-order valence-electron chi connectivity index (χ4n) is 1.34. The summed E-state index contributed by atoms with van der Waals surface area (Å²) in [4.78, 5) is 11.0. The van der Waals surface area contributed by atoms with Crippen molar-refractivity contribution in [3.63, 3.8) is 0 Å². The number of hydrogen-bond acceptors (Lipinski definition) is 5. The van der Waals surface area contributed by atoms with Crippen LogP contribution in [0.5, 0.6) is 0 Å². The van der Waals surface area contributed by atoms with E-state index in [4.69, 9.17) is 4.74 Å². The zero-order valence-corrected chi connectivity index (χ0v) is 10.1. The van der Waals surface area contributed by atoms with Crippen molar-refractivity contribution in [3.8, 4) is 0 Å². The standard InChI is InChI=1S/C11H23NO4/c1-3-5-9(13)7-12-8-10(14)6-11(15)16-4-2/h9-10,12-14H,3-8H2,1-2H3. The zero-order valence-electron chi connectivity index (χ0n) is 10.1. The molecule has 3 N–H and O–H groups in total. The maximum absolute atomic E-state index is 11.0. The average Bonchev–Trinajstić information content (AvgIpc) is 2.18. The first-order valence-corrected chi connectivity index (χ1v) is 5.82. The Labute approximate surface area is 96.8 Å². The van der Waals surface area contributed by atoms with Crippen molar-refractivity contribution < 1.29 is 19.7 Å². The van der Waals surface area contributed by atoms with Gasteiger partial charge in [-0.15, -0.1) is 0 Å². The molecule has 0 heterocycles. The summed E-state index contributed by atoms with van der Waals surface area (Å²) in [5.41, 5.74) is 0. The molecule has 2 atom stereocenters. The van der Waals surface area contributed by atoms with E-state index in [2.05, 4.69) is 5.32 Å². The molecule has 96 valence electrons. The first-order chi connectivity index (χ1) is 7.60. The molecule has 5 nitrogen and oxygen atoms in total. The van der Waals surface area contributed by atoms with Gasteiger partial charge in [0.25, 0.3) is 0 Å².